The standard InChI is InChI=1S/C28H21N2O2/c1-16-6-4-5-7-22(16)30-17(2)29(3)28-20-9-11-24-27(19(20)8-10-23(28)30)21-14-18-12-13-31-25(18)15-26(21)32-24/h4-15H,1-3H3/q+1. The maximum atomic E-state index is 6.22. The van der Waals surface area contributed by atoms with Gasteiger partial charge in [0, 0.05) is 34.5 Å². The molecule has 0 bridgehead atoms. The van der Waals surface area contributed by atoms with Crippen molar-refractivity contribution in [2.75, 3.05) is 0 Å². The van der Waals surface area contributed by atoms with E-state index in [1.54, 1.807) is 6.26 Å². The van der Waals surface area contributed by atoms with Crippen molar-refractivity contribution in [3.05, 3.63) is 84.4 Å². The molecule has 154 valence electrons. The third-order valence-corrected chi connectivity index (χ3v) is 6.90. The van der Waals surface area contributed by atoms with Crippen molar-refractivity contribution in [2.45, 2.75) is 13.8 Å². The molecule has 0 saturated heterocycles. The van der Waals surface area contributed by atoms with E-state index in [-0.39, 0.29) is 0 Å². The second kappa shape index (κ2) is 6.01. The van der Waals surface area contributed by atoms with E-state index in [4.69, 9.17) is 8.83 Å². The molecule has 0 N–H and O–H groups in total. The summed E-state index contributed by atoms with van der Waals surface area (Å²) in [5, 5.41) is 5.79. The minimum absolute atomic E-state index is 0.848. The average Bonchev–Trinajstić information content (AvgIpc) is 3.47. The van der Waals surface area contributed by atoms with E-state index < -0.39 is 0 Å². The Morgan fingerprint density at radius 3 is 2.50 bits per heavy atom. The smallest absolute Gasteiger partial charge is 0.259 e. The number of imidazole rings is 1. The molecule has 7 aromatic rings. The SMILES string of the molecule is Cc1ccccc1-n1c(C)[n+](C)c2c3ccc4oc5cc6occc6cc5c4c3ccc21. The van der Waals surface area contributed by atoms with Crippen LogP contribution in [0, 0.1) is 13.8 Å². The number of benzene rings is 4. The number of aromatic nitrogens is 2. The van der Waals surface area contributed by atoms with Gasteiger partial charge in [-0.1, -0.05) is 18.2 Å². The number of nitrogens with zero attached hydrogens (tertiary/aromatic N) is 2. The summed E-state index contributed by atoms with van der Waals surface area (Å²) in [5.41, 5.74) is 7.51. The molecule has 4 nitrogen and oxygen atoms in total. The highest BCUT2D eigenvalue weighted by Crippen LogP contribution is 2.39. The Morgan fingerprint density at radius 2 is 1.62 bits per heavy atom. The van der Waals surface area contributed by atoms with Crippen LogP contribution in [0.2, 0.25) is 0 Å². The monoisotopic (exact) mass is 417 g/mol. The first-order valence-electron chi connectivity index (χ1n) is 10.8. The second-order valence-corrected chi connectivity index (χ2v) is 8.60. The molecule has 0 fully saturated rings. The van der Waals surface area contributed by atoms with Gasteiger partial charge in [0.1, 0.15) is 22.4 Å². The van der Waals surface area contributed by atoms with Crippen LogP contribution < -0.4 is 4.57 Å². The van der Waals surface area contributed by atoms with Crippen LogP contribution in [-0.4, -0.2) is 4.57 Å². The lowest BCUT2D eigenvalue weighted by molar-refractivity contribution is -0.651. The van der Waals surface area contributed by atoms with E-state index >= 15 is 0 Å². The number of hydrogen-bond acceptors (Lipinski definition) is 2. The summed E-state index contributed by atoms with van der Waals surface area (Å²) in [6.45, 7) is 4.35. The molecule has 32 heavy (non-hydrogen) atoms. The summed E-state index contributed by atoms with van der Waals surface area (Å²) < 4.78 is 16.5. The molecule has 3 heterocycles. The lowest BCUT2D eigenvalue weighted by atomic mass is 10.0. The molecule has 0 aliphatic rings. The zero-order valence-corrected chi connectivity index (χ0v) is 18.1. The number of hydrogen-bond donors (Lipinski definition) is 0. The molecule has 0 unspecified atom stereocenters. The summed E-state index contributed by atoms with van der Waals surface area (Å²) >= 11 is 0. The first-order chi connectivity index (χ1) is 15.6. The third-order valence-electron chi connectivity index (χ3n) is 6.90. The summed E-state index contributed by atoms with van der Waals surface area (Å²) in [6, 6.07) is 23.5. The number of fused-ring (bicyclic) bond motifs is 8. The summed E-state index contributed by atoms with van der Waals surface area (Å²) in [6.07, 6.45) is 1.73. The van der Waals surface area contributed by atoms with Crippen LogP contribution in [0.3, 0.4) is 0 Å². The van der Waals surface area contributed by atoms with Gasteiger partial charge in [-0.25, -0.2) is 4.57 Å². The van der Waals surface area contributed by atoms with E-state index in [9.17, 15) is 0 Å². The fraction of sp³-hybridized carbons (Fsp3) is 0.107. The molecular formula is C28H21N2O2+. The Bertz CT molecular complexity index is 1860. The summed E-state index contributed by atoms with van der Waals surface area (Å²) in [7, 11) is 2.15. The fourth-order valence-electron chi connectivity index (χ4n) is 5.25. The van der Waals surface area contributed by atoms with Crippen molar-refractivity contribution in [1.82, 2.24) is 4.57 Å². The molecule has 3 aromatic heterocycles. The van der Waals surface area contributed by atoms with Crippen LogP contribution in [0.4, 0.5) is 0 Å². The Kier molecular flexibility index (Phi) is 3.31. The fourth-order valence-corrected chi connectivity index (χ4v) is 5.25. The van der Waals surface area contributed by atoms with E-state index in [0.29, 0.717) is 0 Å². The topological polar surface area (TPSA) is 35.1 Å². The first kappa shape index (κ1) is 17.6. The van der Waals surface area contributed by atoms with Crippen LogP contribution in [0.25, 0.3) is 60.4 Å². The Morgan fingerprint density at radius 1 is 0.781 bits per heavy atom. The Labute approximate surface area is 183 Å². The van der Waals surface area contributed by atoms with Gasteiger partial charge in [0.2, 0.25) is 0 Å². The highest BCUT2D eigenvalue weighted by molar-refractivity contribution is 6.23. The van der Waals surface area contributed by atoms with E-state index in [1.165, 1.54) is 38.9 Å². The second-order valence-electron chi connectivity index (χ2n) is 8.60. The molecule has 0 radical (unpaired) electrons. The van der Waals surface area contributed by atoms with Crippen LogP contribution in [0.1, 0.15) is 11.4 Å². The van der Waals surface area contributed by atoms with Gasteiger partial charge in [-0.3, -0.25) is 0 Å². The van der Waals surface area contributed by atoms with E-state index in [1.807, 2.05) is 12.1 Å². The molecule has 7 rings (SSSR count). The summed E-state index contributed by atoms with van der Waals surface area (Å²) in [5.74, 6) is 1.19. The number of furan rings is 2. The minimum Gasteiger partial charge on any atom is -0.464 e. The van der Waals surface area contributed by atoms with Crippen molar-refractivity contribution < 1.29 is 13.4 Å². The maximum absolute atomic E-state index is 6.22. The largest absolute Gasteiger partial charge is 0.464 e. The third kappa shape index (κ3) is 2.14. The predicted molar refractivity (Wildman–Crippen MR) is 128 cm³/mol. The van der Waals surface area contributed by atoms with Crippen LogP contribution in [0.5, 0.6) is 0 Å². The quantitative estimate of drug-likeness (QED) is 0.273. The van der Waals surface area contributed by atoms with Crippen LogP contribution in [-0.2, 0) is 7.05 Å². The van der Waals surface area contributed by atoms with Gasteiger partial charge in [-0.15, -0.1) is 0 Å². The van der Waals surface area contributed by atoms with Gasteiger partial charge in [0.15, 0.2) is 11.0 Å². The molecule has 4 aromatic carbocycles. The number of rotatable bonds is 1. The lowest BCUT2D eigenvalue weighted by Crippen LogP contribution is -2.31. The van der Waals surface area contributed by atoms with Crippen LogP contribution >= 0.6 is 0 Å². The zero-order valence-electron chi connectivity index (χ0n) is 18.1. The van der Waals surface area contributed by atoms with E-state index in [2.05, 4.69) is 84.6 Å². The van der Waals surface area contributed by atoms with Gasteiger partial charge < -0.3 is 8.83 Å². The van der Waals surface area contributed by atoms with Crippen molar-refractivity contribution in [2.24, 2.45) is 7.05 Å². The lowest BCUT2D eigenvalue weighted by Gasteiger charge is -2.04. The first-order valence-corrected chi connectivity index (χ1v) is 10.8. The number of para-hydroxylation sites is 1. The average molecular weight is 417 g/mol. The molecule has 4 heteroatoms. The minimum atomic E-state index is 0.848. The van der Waals surface area contributed by atoms with Gasteiger partial charge in [-0.2, -0.15) is 4.57 Å². The van der Waals surface area contributed by atoms with E-state index in [0.717, 1.165) is 32.9 Å². The molecule has 0 saturated carbocycles. The molecule has 0 spiro atoms. The van der Waals surface area contributed by atoms with Gasteiger partial charge in [-0.05, 0) is 60.3 Å². The highest BCUT2D eigenvalue weighted by atomic mass is 16.3. The normalized spacial score (nSPS) is 12.2. The van der Waals surface area contributed by atoms with Gasteiger partial charge in [0.25, 0.3) is 5.82 Å². The molecule has 0 amide bonds. The highest BCUT2D eigenvalue weighted by Gasteiger charge is 2.25. The summed E-state index contributed by atoms with van der Waals surface area (Å²) in [4.78, 5) is 0. The van der Waals surface area contributed by atoms with Gasteiger partial charge >= 0.3 is 0 Å². The van der Waals surface area contributed by atoms with Crippen molar-refractivity contribution in [1.29, 1.82) is 0 Å². The van der Waals surface area contributed by atoms with Crippen molar-refractivity contribution >= 4 is 54.7 Å². The Balaban J connectivity index is 1.64. The maximum Gasteiger partial charge on any atom is 0.259 e. The molecule has 0 aliphatic carbocycles. The molecule has 0 atom stereocenters. The molecular weight excluding hydrogens is 396 g/mol. The number of aryl methyl sites for hydroxylation is 2. The van der Waals surface area contributed by atoms with Crippen LogP contribution in [0.15, 0.2) is 81.8 Å². The molecule has 0 aliphatic heterocycles. The zero-order chi connectivity index (χ0) is 21.6. The Hall–Kier alpha value is -4.05. The predicted octanol–water partition coefficient (Wildman–Crippen LogP) is 6.87. The van der Waals surface area contributed by atoms with Crippen molar-refractivity contribution in [3.63, 3.8) is 0 Å². The van der Waals surface area contributed by atoms with Gasteiger partial charge in [0.05, 0.1) is 13.3 Å². The van der Waals surface area contributed by atoms with Crippen molar-refractivity contribution in [3.8, 4) is 5.69 Å².